The number of Topliss-reactive ketones (excluding diaryl/α,β-unsaturated/α-hetero) is 1. The molecule has 8 heteroatoms. The summed E-state index contributed by atoms with van der Waals surface area (Å²) in [5, 5.41) is 0.314. The Morgan fingerprint density at radius 3 is 2.66 bits per heavy atom. The number of aryl methyl sites for hydroxylation is 1. The maximum Gasteiger partial charge on any atom is 0.243 e. The summed E-state index contributed by atoms with van der Waals surface area (Å²) >= 11 is 6.07. The van der Waals surface area contributed by atoms with Crippen molar-refractivity contribution in [2.45, 2.75) is 37.5 Å². The van der Waals surface area contributed by atoms with Crippen LogP contribution in [-0.4, -0.2) is 43.2 Å². The minimum atomic E-state index is -3.68. The van der Waals surface area contributed by atoms with Crippen molar-refractivity contribution in [2.75, 3.05) is 19.7 Å². The molecule has 6 nitrogen and oxygen atoms in total. The molecule has 0 bridgehead atoms. The number of aromatic nitrogens is 1. The van der Waals surface area contributed by atoms with Gasteiger partial charge in [0.2, 0.25) is 10.0 Å². The molecule has 2 heterocycles. The average molecular weight is 437 g/mol. The minimum absolute atomic E-state index is 0.108. The summed E-state index contributed by atoms with van der Waals surface area (Å²) in [5.74, 6) is 0.496. The number of carbonyl (C=O) groups excluding carboxylic acids is 1. The van der Waals surface area contributed by atoms with Gasteiger partial charge in [0.15, 0.2) is 0 Å². The van der Waals surface area contributed by atoms with Crippen molar-refractivity contribution in [3.05, 3.63) is 53.3 Å². The lowest BCUT2D eigenvalue weighted by molar-refractivity contribution is -0.123. The summed E-state index contributed by atoms with van der Waals surface area (Å²) in [5.41, 5.74) is 0.895. The second kappa shape index (κ2) is 9.69. The Morgan fingerprint density at radius 2 is 2.00 bits per heavy atom. The minimum Gasteiger partial charge on any atom is -0.494 e. The highest BCUT2D eigenvalue weighted by Gasteiger charge is 2.32. The van der Waals surface area contributed by atoms with Crippen LogP contribution in [0.15, 0.2) is 47.5 Å². The number of rotatable bonds is 8. The van der Waals surface area contributed by atoms with Crippen LogP contribution in [-0.2, 0) is 21.2 Å². The van der Waals surface area contributed by atoms with E-state index in [-0.39, 0.29) is 16.6 Å². The van der Waals surface area contributed by atoms with Crippen molar-refractivity contribution in [1.82, 2.24) is 9.29 Å². The molecule has 1 fully saturated rings. The van der Waals surface area contributed by atoms with Gasteiger partial charge in [-0.1, -0.05) is 17.7 Å². The number of halogens is 1. The van der Waals surface area contributed by atoms with E-state index in [9.17, 15) is 13.2 Å². The van der Waals surface area contributed by atoms with E-state index in [1.165, 1.54) is 16.4 Å². The lowest BCUT2D eigenvalue weighted by Crippen LogP contribution is -2.40. The molecule has 0 unspecified atom stereocenters. The Bertz CT molecular complexity index is 942. The molecule has 0 spiro atoms. The van der Waals surface area contributed by atoms with Crippen LogP contribution in [0.3, 0.4) is 0 Å². The molecule has 1 aromatic carbocycles. The highest BCUT2D eigenvalue weighted by Crippen LogP contribution is 2.29. The number of nitrogens with zero attached hydrogens (tertiary/aromatic N) is 2. The van der Waals surface area contributed by atoms with Crippen LogP contribution < -0.4 is 4.74 Å². The smallest absolute Gasteiger partial charge is 0.243 e. The van der Waals surface area contributed by atoms with E-state index in [0.717, 1.165) is 5.69 Å². The molecule has 3 rings (SSSR count). The molecule has 156 valence electrons. The molecule has 29 heavy (non-hydrogen) atoms. The van der Waals surface area contributed by atoms with Gasteiger partial charge in [-0.05, 0) is 50.5 Å². The number of carbonyl (C=O) groups is 1. The molecule has 0 aliphatic carbocycles. The zero-order chi connectivity index (χ0) is 20.9. The summed E-state index contributed by atoms with van der Waals surface area (Å²) < 4.78 is 32.8. The van der Waals surface area contributed by atoms with Gasteiger partial charge >= 0.3 is 0 Å². The standard InChI is InChI=1S/C21H25ClN2O4S/c1-2-28-19-13-17(22)14-20(15-19)29(26,27)24-11-8-16(9-12-24)21(25)7-6-18-5-3-4-10-23-18/h3-5,10,13-16H,2,6-9,11-12H2,1H3. The van der Waals surface area contributed by atoms with Crippen molar-refractivity contribution in [3.8, 4) is 5.75 Å². The molecule has 1 aliphatic rings. The number of ketones is 1. The number of ether oxygens (including phenoxy) is 1. The van der Waals surface area contributed by atoms with Crippen molar-refractivity contribution in [2.24, 2.45) is 5.92 Å². The summed E-state index contributed by atoms with van der Waals surface area (Å²) in [6, 6.07) is 10.2. The van der Waals surface area contributed by atoms with Gasteiger partial charge in [0, 0.05) is 48.4 Å². The summed E-state index contributed by atoms with van der Waals surface area (Å²) in [7, 11) is -3.68. The summed E-state index contributed by atoms with van der Waals surface area (Å²) in [4.78, 5) is 16.9. The molecule has 0 N–H and O–H groups in total. The van der Waals surface area contributed by atoms with Gasteiger partial charge in [-0.2, -0.15) is 4.31 Å². The molecule has 1 aromatic heterocycles. The van der Waals surface area contributed by atoms with Crippen LogP contribution in [0, 0.1) is 5.92 Å². The molecule has 0 atom stereocenters. The van der Waals surface area contributed by atoms with Crippen LogP contribution in [0.5, 0.6) is 5.75 Å². The van der Waals surface area contributed by atoms with E-state index in [2.05, 4.69) is 4.98 Å². The summed E-state index contributed by atoms with van der Waals surface area (Å²) in [6.45, 7) is 2.88. The van der Waals surface area contributed by atoms with Gasteiger partial charge in [-0.15, -0.1) is 0 Å². The molecule has 1 saturated heterocycles. The molecule has 1 aliphatic heterocycles. The number of piperidine rings is 1. The first-order chi connectivity index (χ1) is 13.9. The zero-order valence-corrected chi connectivity index (χ0v) is 18.0. The molecular formula is C21H25ClN2O4S. The van der Waals surface area contributed by atoms with Gasteiger partial charge in [-0.25, -0.2) is 8.42 Å². The van der Waals surface area contributed by atoms with E-state index in [4.69, 9.17) is 16.3 Å². The van der Waals surface area contributed by atoms with E-state index in [0.29, 0.717) is 56.2 Å². The maximum absolute atomic E-state index is 13.0. The molecule has 0 radical (unpaired) electrons. The third-order valence-corrected chi connectivity index (χ3v) is 7.15. The Morgan fingerprint density at radius 1 is 1.24 bits per heavy atom. The molecule has 0 amide bonds. The Kier molecular flexibility index (Phi) is 7.27. The topological polar surface area (TPSA) is 76.6 Å². The van der Waals surface area contributed by atoms with Crippen molar-refractivity contribution in [1.29, 1.82) is 0 Å². The largest absolute Gasteiger partial charge is 0.494 e. The second-order valence-corrected chi connectivity index (χ2v) is 9.40. The third-order valence-electron chi connectivity index (χ3n) is 5.06. The van der Waals surface area contributed by atoms with Crippen LogP contribution in [0.4, 0.5) is 0 Å². The number of sulfonamides is 1. The Labute approximate surface area is 176 Å². The Hall–Kier alpha value is -1.96. The molecule has 0 saturated carbocycles. The van der Waals surface area contributed by atoms with E-state index in [1.54, 1.807) is 12.3 Å². The molecule has 2 aromatic rings. The summed E-state index contributed by atoms with van der Waals surface area (Å²) in [6.07, 6.45) is 3.82. The third kappa shape index (κ3) is 5.56. The fraction of sp³-hybridized carbons (Fsp3) is 0.429. The van der Waals surface area contributed by atoms with Crippen molar-refractivity contribution < 1.29 is 17.9 Å². The van der Waals surface area contributed by atoms with Crippen molar-refractivity contribution >= 4 is 27.4 Å². The lowest BCUT2D eigenvalue weighted by Gasteiger charge is -2.30. The normalized spacial score (nSPS) is 15.9. The van der Waals surface area contributed by atoms with Gasteiger partial charge < -0.3 is 4.74 Å². The maximum atomic E-state index is 13.0. The highest BCUT2D eigenvalue weighted by molar-refractivity contribution is 7.89. The zero-order valence-electron chi connectivity index (χ0n) is 16.4. The highest BCUT2D eigenvalue weighted by atomic mass is 35.5. The second-order valence-electron chi connectivity index (χ2n) is 7.02. The number of hydrogen-bond donors (Lipinski definition) is 0. The quantitative estimate of drug-likeness (QED) is 0.630. The predicted molar refractivity (Wildman–Crippen MR) is 112 cm³/mol. The van der Waals surface area contributed by atoms with Crippen LogP contribution >= 0.6 is 11.6 Å². The SMILES string of the molecule is CCOc1cc(Cl)cc(S(=O)(=O)N2CCC(C(=O)CCc3ccccn3)CC2)c1. The first-order valence-corrected chi connectivity index (χ1v) is 11.6. The van der Waals surface area contributed by atoms with E-state index in [1.807, 2.05) is 25.1 Å². The van der Waals surface area contributed by atoms with Crippen LogP contribution in [0.25, 0.3) is 0 Å². The van der Waals surface area contributed by atoms with Crippen molar-refractivity contribution in [3.63, 3.8) is 0 Å². The fourth-order valence-corrected chi connectivity index (χ4v) is 5.32. The van der Waals surface area contributed by atoms with E-state index < -0.39 is 10.0 Å². The van der Waals surface area contributed by atoms with Gasteiger partial charge in [0.05, 0.1) is 11.5 Å². The number of pyridine rings is 1. The van der Waals surface area contributed by atoms with Gasteiger partial charge in [0.25, 0.3) is 0 Å². The predicted octanol–water partition coefficient (Wildman–Crippen LogP) is 3.74. The van der Waals surface area contributed by atoms with E-state index >= 15 is 0 Å². The fourth-order valence-electron chi connectivity index (χ4n) is 3.50. The van der Waals surface area contributed by atoms with Gasteiger partial charge in [-0.3, -0.25) is 9.78 Å². The first kappa shape index (κ1) is 21.7. The number of hydrogen-bond acceptors (Lipinski definition) is 5. The average Bonchev–Trinajstić information content (AvgIpc) is 2.72. The Balaban J connectivity index is 1.60. The number of benzene rings is 1. The first-order valence-electron chi connectivity index (χ1n) is 9.76. The monoisotopic (exact) mass is 436 g/mol. The van der Waals surface area contributed by atoms with Crippen LogP contribution in [0.2, 0.25) is 5.02 Å². The molecular weight excluding hydrogens is 412 g/mol. The van der Waals surface area contributed by atoms with Crippen LogP contribution in [0.1, 0.15) is 31.9 Å². The lowest BCUT2D eigenvalue weighted by atomic mass is 9.91. The van der Waals surface area contributed by atoms with Gasteiger partial charge in [0.1, 0.15) is 11.5 Å².